The van der Waals surface area contributed by atoms with Crippen LogP contribution in [-0.2, 0) is 0 Å². The zero-order valence-electron chi connectivity index (χ0n) is 12.1. The molecule has 2 aromatic rings. The van der Waals surface area contributed by atoms with Crippen molar-refractivity contribution in [3.05, 3.63) is 57.9 Å². The molecule has 0 aliphatic carbocycles. The van der Waals surface area contributed by atoms with Crippen molar-refractivity contribution in [1.82, 2.24) is 4.98 Å². The first kappa shape index (κ1) is 14.9. The van der Waals surface area contributed by atoms with Crippen LogP contribution in [0.4, 0.5) is 5.69 Å². The molecule has 0 N–H and O–H groups in total. The van der Waals surface area contributed by atoms with Crippen LogP contribution in [0.5, 0.6) is 0 Å². The van der Waals surface area contributed by atoms with Crippen LogP contribution in [0.15, 0.2) is 30.5 Å². The number of hydrogen-bond donors (Lipinski definition) is 0. The Kier molecular flexibility index (Phi) is 4.48. The van der Waals surface area contributed by atoms with Gasteiger partial charge in [-0.1, -0.05) is 23.4 Å². The van der Waals surface area contributed by atoms with Crippen molar-refractivity contribution in [2.75, 3.05) is 19.0 Å². The van der Waals surface area contributed by atoms with Gasteiger partial charge in [-0.25, -0.2) is 4.98 Å². The first-order valence-corrected chi connectivity index (χ1v) is 6.74. The van der Waals surface area contributed by atoms with Crippen LogP contribution in [0.3, 0.4) is 0 Å². The van der Waals surface area contributed by atoms with Gasteiger partial charge in [0.15, 0.2) is 5.69 Å². The van der Waals surface area contributed by atoms with Crippen LogP contribution >= 0.6 is 11.6 Å². The second-order valence-electron chi connectivity index (χ2n) is 4.81. The summed E-state index contributed by atoms with van der Waals surface area (Å²) in [5.74, 6) is 6.13. The van der Waals surface area contributed by atoms with E-state index in [1.165, 1.54) is 0 Å². The molecule has 0 amide bonds. The van der Waals surface area contributed by atoms with Crippen LogP contribution in [-0.4, -0.2) is 19.1 Å². The fourth-order valence-corrected chi connectivity index (χ4v) is 2.00. The summed E-state index contributed by atoms with van der Waals surface area (Å²) >= 11 is 5.94. The third-order valence-corrected chi connectivity index (χ3v) is 3.30. The number of anilines is 1. The molecule has 0 unspecified atom stereocenters. The monoisotopic (exact) mass is 295 g/mol. The molecule has 0 fully saturated rings. The number of nitriles is 1. The number of halogens is 1. The van der Waals surface area contributed by atoms with Crippen molar-refractivity contribution >= 4 is 17.3 Å². The van der Waals surface area contributed by atoms with Crippen molar-refractivity contribution < 1.29 is 0 Å². The second kappa shape index (κ2) is 6.31. The Morgan fingerprint density at radius 3 is 2.52 bits per heavy atom. The topological polar surface area (TPSA) is 39.9 Å². The standard InChI is InChI=1S/C17H14ClN3/c1-12-8-15(21(2)3)7-6-14(12)5-4-13-9-16(18)17(10-19)20-11-13/h6-9,11H,1-3H3. The predicted molar refractivity (Wildman–Crippen MR) is 85.4 cm³/mol. The molecule has 0 aliphatic heterocycles. The van der Waals surface area contributed by atoms with Crippen molar-refractivity contribution in [2.24, 2.45) is 0 Å². The summed E-state index contributed by atoms with van der Waals surface area (Å²) in [4.78, 5) is 6.02. The first-order valence-electron chi connectivity index (χ1n) is 6.37. The number of aryl methyl sites for hydroxylation is 1. The van der Waals surface area contributed by atoms with E-state index in [-0.39, 0.29) is 5.69 Å². The predicted octanol–water partition coefficient (Wildman–Crippen LogP) is 3.38. The summed E-state index contributed by atoms with van der Waals surface area (Å²) in [6, 6.07) is 9.70. The van der Waals surface area contributed by atoms with Crippen LogP contribution in [0.2, 0.25) is 5.02 Å². The minimum atomic E-state index is 0.216. The number of hydrogen-bond acceptors (Lipinski definition) is 3. The van der Waals surface area contributed by atoms with Crippen molar-refractivity contribution in [3.8, 4) is 17.9 Å². The minimum Gasteiger partial charge on any atom is -0.378 e. The Morgan fingerprint density at radius 2 is 1.95 bits per heavy atom. The molecule has 0 spiro atoms. The summed E-state index contributed by atoms with van der Waals surface area (Å²) in [5.41, 5.74) is 4.12. The summed E-state index contributed by atoms with van der Waals surface area (Å²) < 4.78 is 0. The van der Waals surface area contributed by atoms with E-state index < -0.39 is 0 Å². The SMILES string of the molecule is Cc1cc(N(C)C)ccc1C#Cc1cnc(C#N)c(Cl)c1. The Bertz CT molecular complexity index is 777. The van der Waals surface area contributed by atoms with Gasteiger partial charge in [0.05, 0.1) is 5.02 Å². The highest BCUT2D eigenvalue weighted by Crippen LogP contribution is 2.17. The van der Waals surface area contributed by atoms with E-state index in [1.807, 2.05) is 39.2 Å². The maximum atomic E-state index is 8.79. The van der Waals surface area contributed by atoms with Gasteiger partial charge in [0.1, 0.15) is 6.07 Å². The number of nitrogens with zero attached hydrogens (tertiary/aromatic N) is 3. The Hall–Kier alpha value is -2.49. The molecule has 4 heteroatoms. The van der Waals surface area contributed by atoms with E-state index in [0.29, 0.717) is 10.6 Å². The number of benzene rings is 1. The van der Waals surface area contributed by atoms with Gasteiger partial charge in [0, 0.05) is 37.1 Å². The summed E-state index contributed by atoms with van der Waals surface area (Å²) in [5, 5.41) is 9.11. The van der Waals surface area contributed by atoms with Crippen LogP contribution < -0.4 is 4.90 Å². The van der Waals surface area contributed by atoms with Crippen LogP contribution in [0, 0.1) is 30.1 Å². The molecule has 2 rings (SSSR count). The molecule has 1 aromatic carbocycles. The average Bonchev–Trinajstić information content (AvgIpc) is 2.46. The highest BCUT2D eigenvalue weighted by molar-refractivity contribution is 6.31. The lowest BCUT2D eigenvalue weighted by Crippen LogP contribution is -2.08. The lowest BCUT2D eigenvalue weighted by Gasteiger charge is -2.13. The van der Waals surface area contributed by atoms with E-state index in [1.54, 1.807) is 12.3 Å². The zero-order valence-corrected chi connectivity index (χ0v) is 12.9. The maximum absolute atomic E-state index is 8.79. The molecular formula is C17H14ClN3. The van der Waals surface area contributed by atoms with Gasteiger partial charge in [-0.05, 0) is 36.8 Å². The Labute approximate surface area is 129 Å². The molecule has 0 saturated carbocycles. The Morgan fingerprint density at radius 1 is 1.19 bits per heavy atom. The van der Waals surface area contributed by atoms with Crippen molar-refractivity contribution in [2.45, 2.75) is 6.92 Å². The molecule has 3 nitrogen and oxygen atoms in total. The Balaban J connectivity index is 2.31. The lowest BCUT2D eigenvalue weighted by atomic mass is 10.1. The third kappa shape index (κ3) is 3.54. The zero-order chi connectivity index (χ0) is 15.4. The van der Waals surface area contributed by atoms with Crippen LogP contribution in [0.25, 0.3) is 0 Å². The van der Waals surface area contributed by atoms with Gasteiger partial charge < -0.3 is 4.90 Å². The number of rotatable bonds is 1. The summed E-state index contributed by atoms with van der Waals surface area (Å²) in [7, 11) is 4.01. The molecular weight excluding hydrogens is 282 g/mol. The molecule has 1 aromatic heterocycles. The van der Waals surface area contributed by atoms with E-state index in [4.69, 9.17) is 16.9 Å². The maximum Gasteiger partial charge on any atom is 0.159 e. The van der Waals surface area contributed by atoms with E-state index in [0.717, 1.165) is 16.8 Å². The third-order valence-electron chi connectivity index (χ3n) is 3.01. The van der Waals surface area contributed by atoms with Crippen molar-refractivity contribution in [3.63, 3.8) is 0 Å². The van der Waals surface area contributed by atoms with Crippen LogP contribution in [0.1, 0.15) is 22.4 Å². The van der Waals surface area contributed by atoms with Gasteiger partial charge in [0.25, 0.3) is 0 Å². The van der Waals surface area contributed by atoms with E-state index >= 15 is 0 Å². The quantitative estimate of drug-likeness (QED) is 0.757. The van der Waals surface area contributed by atoms with Gasteiger partial charge in [-0.3, -0.25) is 0 Å². The highest BCUT2D eigenvalue weighted by atomic mass is 35.5. The summed E-state index contributed by atoms with van der Waals surface area (Å²) in [6.07, 6.45) is 1.56. The van der Waals surface area contributed by atoms with Gasteiger partial charge >= 0.3 is 0 Å². The smallest absolute Gasteiger partial charge is 0.159 e. The normalized spacial score (nSPS) is 9.48. The number of pyridine rings is 1. The van der Waals surface area contributed by atoms with E-state index in [9.17, 15) is 0 Å². The highest BCUT2D eigenvalue weighted by Gasteiger charge is 2.02. The molecule has 21 heavy (non-hydrogen) atoms. The average molecular weight is 296 g/mol. The lowest BCUT2D eigenvalue weighted by molar-refractivity contribution is 1.13. The van der Waals surface area contributed by atoms with E-state index in [2.05, 4.69) is 27.8 Å². The molecule has 1 heterocycles. The first-order chi connectivity index (χ1) is 10.0. The fraction of sp³-hybridized carbons (Fsp3) is 0.176. The van der Waals surface area contributed by atoms with Gasteiger partial charge in [0.2, 0.25) is 0 Å². The molecule has 0 radical (unpaired) electrons. The minimum absolute atomic E-state index is 0.216. The van der Waals surface area contributed by atoms with Gasteiger partial charge in [-0.15, -0.1) is 0 Å². The number of aromatic nitrogens is 1. The van der Waals surface area contributed by atoms with Gasteiger partial charge in [-0.2, -0.15) is 5.26 Å². The second-order valence-corrected chi connectivity index (χ2v) is 5.22. The largest absolute Gasteiger partial charge is 0.378 e. The van der Waals surface area contributed by atoms with Crippen molar-refractivity contribution in [1.29, 1.82) is 5.26 Å². The molecule has 104 valence electrons. The molecule has 0 aliphatic rings. The molecule has 0 bridgehead atoms. The molecule has 0 saturated heterocycles. The summed E-state index contributed by atoms with van der Waals surface area (Å²) in [6.45, 7) is 2.03. The molecule has 0 atom stereocenters. The fourth-order valence-electron chi connectivity index (χ4n) is 1.79.